The van der Waals surface area contributed by atoms with E-state index in [-0.39, 0.29) is 0 Å². The molecule has 0 unspecified atom stereocenters. The molecule has 0 spiro atoms. The third-order valence-corrected chi connectivity index (χ3v) is 11.3. The Hall–Kier alpha value is -8.41. The molecule has 5 heteroatoms. The molecular formula is C57H38N4O. The summed E-state index contributed by atoms with van der Waals surface area (Å²) in [6.07, 6.45) is 0. The highest BCUT2D eigenvalue weighted by Crippen LogP contribution is 2.42. The molecular weight excluding hydrogens is 757 g/mol. The number of benzene rings is 9. The van der Waals surface area contributed by atoms with Crippen molar-refractivity contribution in [2.24, 2.45) is 0 Å². The fourth-order valence-electron chi connectivity index (χ4n) is 8.29. The second-order valence-corrected chi connectivity index (χ2v) is 15.2. The van der Waals surface area contributed by atoms with Crippen LogP contribution in [0.3, 0.4) is 0 Å². The number of aromatic nitrogens is 3. The van der Waals surface area contributed by atoms with E-state index in [0.29, 0.717) is 17.5 Å². The molecule has 5 nitrogen and oxygen atoms in total. The van der Waals surface area contributed by atoms with Crippen molar-refractivity contribution < 1.29 is 4.42 Å². The van der Waals surface area contributed by atoms with Gasteiger partial charge in [0, 0.05) is 50.6 Å². The molecule has 0 saturated heterocycles. The van der Waals surface area contributed by atoms with Crippen LogP contribution < -0.4 is 4.90 Å². The molecule has 2 heterocycles. The topological polar surface area (TPSA) is 55.1 Å². The summed E-state index contributed by atoms with van der Waals surface area (Å²) in [5.41, 5.74) is 14.3. The molecule has 0 saturated carbocycles. The molecule has 0 bridgehead atoms. The first-order chi connectivity index (χ1) is 30.7. The summed E-state index contributed by atoms with van der Waals surface area (Å²) >= 11 is 0. The summed E-state index contributed by atoms with van der Waals surface area (Å²) in [6.45, 7) is 0. The second kappa shape index (κ2) is 16.0. The largest absolute Gasteiger partial charge is 0.456 e. The fourth-order valence-corrected chi connectivity index (χ4v) is 8.29. The van der Waals surface area contributed by atoms with Crippen LogP contribution in [-0.4, -0.2) is 15.0 Å². The first-order valence-corrected chi connectivity index (χ1v) is 20.8. The molecule has 0 fully saturated rings. The molecule has 0 N–H and O–H groups in total. The smallest absolute Gasteiger partial charge is 0.164 e. The molecule has 0 atom stereocenters. The van der Waals surface area contributed by atoms with Crippen molar-refractivity contribution >= 4 is 39.0 Å². The van der Waals surface area contributed by atoms with Crippen LogP contribution in [0.5, 0.6) is 0 Å². The monoisotopic (exact) mass is 794 g/mol. The van der Waals surface area contributed by atoms with E-state index in [1.54, 1.807) is 0 Å². The van der Waals surface area contributed by atoms with Crippen molar-refractivity contribution in [2.75, 3.05) is 4.90 Å². The average Bonchev–Trinajstić information content (AvgIpc) is 3.74. The third-order valence-electron chi connectivity index (χ3n) is 11.3. The zero-order valence-corrected chi connectivity index (χ0v) is 33.6. The Labute approximate surface area is 359 Å². The van der Waals surface area contributed by atoms with Crippen molar-refractivity contribution in [3.8, 4) is 67.5 Å². The minimum Gasteiger partial charge on any atom is -0.456 e. The number of furan rings is 1. The van der Waals surface area contributed by atoms with Gasteiger partial charge < -0.3 is 9.32 Å². The molecule has 2 aromatic heterocycles. The summed E-state index contributed by atoms with van der Waals surface area (Å²) in [7, 11) is 0. The van der Waals surface area contributed by atoms with E-state index in [1.165, 1.54) is 5.56 Å². The molecule has 0 radical (unpaired) electrons. The van der Waals surface area contributed by atoms with E-state index in [0.717, 1.165) is 83.5 Å². The number of rotatable bonds is 9. The molecule has 9 aromatic carbocycles. The summed E-state index contributed by atoms with van der Waals surface area (Å²) in [4.78, 5) is 17.3. The molecule has 292 valence electrons. The first-order valence-electron chi connectivity index (χ1n) is 20.8. The normalized spacial score (nSPS) is 11.2. The number of hydrogen-bond donors (Lipinski definition) is 0. The molecule has 0 aliphatic heterocycles. The SMILES string of the molecule is c1ccc(-c2cccc(-c3nc(-c4ccccc4)nc(-c4ccc(-c5cccc6oc7cc(N(c8ccccc8)c8cccc(-c9ccccc9)c8)ccc7c56)cc4)n3)c2)cc1. The average molecular weight is 795 g/mol. The Morgan fingerprint density at radius 3 is 1.42 bits per heavy atom. The zero-order chi connectivity index (χ0) is 41.2. The number of nitrogens with zero attached hydrogens (tertiary/aromatic N) is 4. The summed E-state index contributed by atoms with van der Waals surface area (Å²) < 4.78 is 6.66. The van der Waals surface area contributed by atoms with Crippen LogP contribution in [0.15, 0.2) is 235 Å². The Kier molecular flexibility index (Phi) is 9.45. The Morgan fingerprint density at radius 2 is 0.758 bits per heavy atom. The lowest BCUT2D eigenvalue weighted by atomic mass is 9.98. The van der Waals surface area contributed by atoms with Gasteiger partial charge in [-0.25, -0.2) is 15.0 Å². The van der Waals surface area contributed by atoms with Crippen molar-refractivity contribution in [2.45, 2.75) is 0 Å². The van der Waals surface area contributed by atoms with E-state index in [9.17, 15) is 0 Å². The second-order valence-electron chi connectivity index (χ2n) is 15.2. The predicted octanol–water partition coefficient (Wildman–Crippen LogP) is 15.2. The first kappa shape index (κ1) is 36.7. The lowest BCUT2D eigenvalue weighted by Crippen LogP contribution is -2.09. The lowest BCUT2D eigenvalue weighted by Gasteiger charge is -2.26. The molecule has 11 aromatic rings. The van der Waals surface area contributed by atoms with Gasteiger partial charge in [0.05, 0.1) is 0 Å². The fraction of sp³-hybridized carbons (Fsp3) is 0. The van der Waals surface area contributed by atoms with Crippen LogP contribution in [0.25, 0.3) is 89.5 Å². The van der Waals surface area contributed by atoms with Gasteiger partial charge in [-0.15, -0.1) is 0 Å². The Balaban J connectivity index is 0.966. The lowest BCUT2D eigenvalue weighted by molar-refractivity contribution is 0.669. The summed E-state index contributed by atoms with van der Waals surface area (Å²) in [6, 6.07) is 79.8. The van der Waals surface area contributed by atoms with Gasteiger partial charge >= 0.3 is 0 Å². The maximum absolute atomic E-state index is 6.66. The van der Waals surface area contributed by atoms with Crippen LogP contribution in [0.1, 0.15) is 0 Å². The molecule has 0 aliphatic rings. The number of para-hydroxylation sites is 1. The van der Waals surface area contributed by atoms with Gasteiger partial charge in [0.2, 0.25) is 0 Å². The number of hydrogen-bond acceptors (Lipinski definition) is 5. The van der Waals surface area contributed by atoms with Gasteiger partial charge in [0.15, 0.2) is 17.5 Å². The highest BCUT2D eigenvalue weighted by molar-refractivity contribution is 6.13. The standard InChI is InChI=1S/C57H38N4O/c1-5-16-39(17-6-1)44-22-13-24-46(36-44)57-59-55(42-20-9-3-10-21-42)58-56(60-57)43-32-30-41(31-33-43)50-28-15-29-52-54(50)51-35-34-49(38-53(51)62-52)61(47-25-11-4-12-26-47)48-27-14-23-45(37-48)40-18-7-2-8-19-40/h1-38H. The minimum atomic E-state index is 0.613. The van der Waals surface area contributed by atoms with Crippen molar-refractivity contribution in [1.29, 1.82) is 0 Å². The van der Waals surface area contributed by atoms with Crippen molar-refractivity contribution in [3.05, 3.63) is 231 Å². The molecule has 0 amide bonds. The summed E-state index contributed by atoms with van der Waals surface area (Å²) in [5, 5.41) is 2.13. The van der Waals surface area contributed by atoms with Crippen LogP contribution in [0.4, 0.5) is 17.1 Å². The van der Waals surface area contributed by atoms with Gasteiger partial charge in [-0.05, 0) is 81.9 Å². The van der Waals surface area contributed by atoms with E-state index in [2.05, 4.69) is 187 Å². The highest BCUT2D eigenvalue weighted by Gasteiger charge is 2.19. The van der Waals surface area contributed by atoms with Crippen LogP contribution >= 0.6 is 0 Å². The zero-order valence-electron chi connectivity index (χ0n) is 33.6. The van der Waals surface area contributed by atoms with Crippen molar-refractivity contribution in [3.63, 3.8) is 0 Å². The van der Waals surface area contributed by atoms with Gasteiger partial charge in [-0.1, -0.05) is 176 Å². The number of fused-ring (bicyclic) bond motifs is 3. The van der Waals surface area contributed by atoms with Crippen molar-refractivity contribution in [1.82, 2.24) is 15.0 Å². The van der Waals surface area contributed by atoms with Crippen LogP contribution in [0.2, 0.25) is 0 Å². The Bertz CT molecular complexity index is 3330. The van der Waals surface area contributed by atoms with Gasteiger partial charge in [0.1, 0.15) is 11.2 Å². The van der Waals surface area contributed by atoms with E-state index in [1.807, 2.05) is 48.5 Å². The quantitative estimate of drug-likeness (QED) is 0.146. The van der Waals surface area contributed by atoms with E-state index < -0.39 is 0 Å². The van der Waals surface area contributed by atoms with Crippen LogP contribution in [0, 0.1) is 0 Å². The van der Waals surface area contributed by atoms with Gasteiger partial charge in [0.25, 0.3) is 0 Å². The number of anilines is 3. The minimum absolute atomic E-state index is 0.613. The summed E-state index contributed by atoms with van der Waals surface area (Å²) in [5.74, 6) is 1.87. The third kappa shape index (κ3) is 7.08. The van der Waals surface area contributed by atoms with E-state index in [4.69, 9.17) is 19.4 Å². The molecule has 11 rings (SSSR count). The van der Waals surface area contributed by atoms with Gasteiger partial charge in [-0.3, -0.25) is 0 Å². The molecule has 62 heavy (non-hydrogen) atoms. The predicted molar refractivity (Wildman–Crippen MR) is 254 cm³/mol. The van der Waals surface area contributed by atoms with Gasteiger partial charge in [-0.2, -0.15) is 0 Å². The van der Waals surface area contributed by atoms with Crippen LogP contribution in [-0.2, 0) is 0 Å². The highest BCUT2D eigenvalue weighted by atomic mass is 16.3. The molecule has 0 aliphatic carbocycles. The maximum atomic E-state index is 6.66. The Morgan fingerprint density at radius 1 is 0.290 bits per heavy atom. The van der Waals surface area contributed by atoms with E-state index >= 15 is 0 Å². The maximum Gasteiger partial charge on any atom is 0.164 e.